The third-order valence-electron chi connectivity index (χ3n) is 9.32. The van der Waals surface area contributed by atoms with Crippen molar-refractivity contribution in [3.05, 3.63) is 59.4 Å². The van der Waals surface area contributed by atoms with E-state index in [9.17, 15) is 43.1 Å². The standard InChI is InChI=1S/C38H55FN6O8/c1-22(2)27(20-23(3)33(49)42-26(36(52)53)14-15-28(46)41-18-19-45-29(47)16-17-30(45)48)44(10)35(51)32(37(4,5)6)43-34(50)31(40-9)38(7,8)24-12-11-13-25(39)21-24/h11-13,16-17,20-22,26-27,31-32,40H,14-15,18-19H2,1-10H3,(H,41,46)(H,42,49)(H,43,50)(H,52,53)/b23-20+/t26-,27-,31-,32-/m1/s1. The Morgan fingerprint density at radius 2 is 1.58 bits per heavy atom. The summed E-state index contributed by atoms with van der Waals surface area (Å²) in [5.41, 5.74) is -0.881. The topological polar surface area (TPSA) is 194 Å². The zero-order chi connectivity index (χ0) is 40.4. The molecular formula is C38H55FN6O8. The van der Waals surface area contributed by atoms with E-state index in [4.69, 9.17) is 0 Å². The Labute approximate surface area is 311 Å². The highest BCUT2D eigenvalue weighted by atomic mass is 19.1. The lowest BCUT2D eigenvalue weighted by atomic mass is 9.76. The minimum Gasteiger partial charge on any atom is -0.480 e. The number of benzene rings is 1. The van der Waals surface area contributed by atoms with Crippen molar-refractivity contribution in [3.8, 4) is 0 Å². The zero-order valence-corrected chi connectivity index (χ0v) is 32.3. The number of rotatable bonds is 18. The maximum absolute atomic E-state index is 14.2. The summed E-state index contributed by atoms with van der Waals surface area (Å²) in [5.74, 6) is -5.08. The van der Waals surface area contributed by atoms with Gasteiger partial charge in [-0.15, -0.1) is 0 Å². The van der Waals surface area contributed by atoms with Gasteiger partial charge in [0.15, 0.2) is 0 Å². The quantitative estimate of drug-likeness (QED) is 0.111. The number of nitrogens with zero attached hydrogens (tertiary/aromatic N) is 2. The average molecular weight is 743 g/mol. The number of carboxylic acid groups (broad SMARTS) is 1. The summed E-state index contributed by atoms with van der Waals surface area (Å²) in [7, 11) is 3.18. The molecule has 1 aliphatic rings. The molecule has 53 heavy (non-hydrogen) atoms. The first-order valence-electron chi connectivity index (χ1n) is 17.6. The molecule has 1 aromatic rings. The third-order valence-corrected chi connectivity index (χ3v) is 9.32. The molecule has 15 heteroatoms. The number of carbonyl (C=O) groups excluding carboxylic acids is 6. The van der Waals surface area contributed by atoms with Crippen LogP contribution in [-0.4, -0.2) is 108 Å². The van der Waals surface area contributed by atoms with Gasteiger partial charge in [0.05, 0.1) is 12.1 Å². The van der Waals surface area contributed by atoms with Crippen molar-refractivity contribution < 1.29 is 43.1 Å². The molecule has 292 valence electrons. The van der Waals surface area contributed by atoms with Crippen LogP contribution in [0.3, 0.4) is 0 Å². The molecule has 0 saturated heterocycles. The summed E-state index contributed by atoms with van der Waals surface area (Å²) < 4.78 is 14.1. The summed E-state index contributed by atoms with van der Waals surface area (Å²) in [6, 6.07) is 2.12. The Bertz CT molecular complexity index is 1600. The number of aliphatic carboxylic acids is 1. The van der Waals surface area contributed by atoms with Gasteiger partial charge in [0.25, 0.3) is 11.8 Å². The Hall–Kier alpha value is -4.92. The molecule has 1 aliphatic heterocycles. The number of imide groups is 1. The summed E-state index contributed by atoms with van der Waals surface area (Å²) >= 11 is 0. The molecule has 1 heterocycles. The van der Waals surface area contributed by atoms with Crippen LogP contribution < -0.4 is 21.3 Å². The first-order valence-corrected chi connectivity index (χ1v) is 17.6. The summed E-state index contributed by atoms with van der Waals surface area (Å²) in [5, 5.41) is 20.7. The van der Waals surface area contributed by atoms with Crippen LogP contribution in [0.4, 0.5) is 4.39 Å². The average Bonchev–Trinajstić information content (AvgIpc) is 3.38. The minimum absolute atomic E-state index is 0.0184. The summed E-state index contributed by atoms with van der Waals surface area (Å²) in [4.78, 5) is 91.2. The van der Waals surface area contributed by atoms with Gasteiger partial charge in [-0.25, -0.2) is 9.18 Å². The van der Waals surface area contributed by atoms with Crippen LogP contribution in [-0.2, 0) is 39.0 Å². The van der Waals surface area contributed by atoms with Gasteiger partial charge in [-0.05, 0) is 49.4 Å². The highest BCUT2D eigenvalue weighted by Crippen LogP contribution is 2.29. The van der Waals surface area contributed by atoms with E-state index in [0.29, 0.717) is 5.56 Å². The van der Waals surface area contributed by atoms with Crippen LogP contribution in [0, 0.1) is 17.2 Å². The van der Waals surface area contributed by atoms with E-state index in [1.54, 1.807) is 32.3 Å². The van der Waals surface area contributed by atoms with Crippen LogP contribution in [0.15, 0.2) is 48.1 Å². The molecule has 0 aromatic heterocycles. The van der Waals surface area contributed by atoms with Gasteiger partial charge in [-0.3, -0.25) is 33.7 Å². The van der Waals surface area contributed by atoms with Crippen molar-refractivity contribution in [1.82, 2.24) is 31.1 Å². The van der Waals surface area contributed by atoms with E-state index < -0.39 is 82.2 Å². The predicted octanol–water partition coefficient (Wildman–Crippen LogP) is 2.04. The van der Waals surface area contributed by atoms with Gasteiger partial charge < -0.3 is 31.3 Å². The number of likely N-dealkylation sites (N-methyl/N-ethyl adjacent to an activating group) is 2. The molecule has 1 aromatic carbocycles. The van der Waals surface area contributed by atoms with Crippen molar-refractivity contribution in [2.45, 2.75) is 97.8 Å². The van der Waals surface area contributed by atoms with Crippen LogP contribution in [0.5, 0.6) is 0 Å². The molecule has 2 rings (SSSR count). The molecule has 14 nitrogen and oxygen atoms in total. The Balaban J connectivity index is 2.15. The van der Waals surface area contributed by atoms with Crippen LogP contribution in [0.25, 0.3) is 0 Å². The maximum atomic E-state index is 14.2. The molecular weight excluding hydrogens is 687 g/mol. The van der Waals surface area contributed by atoms with Gasteiger partial charge in [-0.1, -0.05) is 66.7 Å². The number of halogens is 1. The summed E-state index contributed by atoms with van der Waals surface area (Å²) in [6.07, 6.45) is 3.33. The van der Waals surface area contributed by atoms with Crippen molar-refractivity contribution >= 4 is 41.4 Å². The summed E-state index contributed by atoms with van der Waals surface area (Å²) in [6.45, 7) is 14.2. The van der Waals surface area contributed by atoms with Crippen LogP contribution in [0.1, 0.15) is 73.8 Å². The van der Waals surface area contributed by atoms with Crippen LogP contribution in [0.2, 0.25) is 0 Å². The van der Waals surface area contributed by atoms with E-state index in [0.717, 1.165) is 17.1 Å². The number of hydrogen-bond donors (Lipinski definition) is 5. The fourth-order valence-corrected chi connectivity index (χ4v) is 6.04. The number of nitrogens with one attached hydrogen (secondary N) is 4. The Kier molecular flexibility index (Phi) is 15.6. The lowest BCUT2D eigenvalue weighted by Gasteiger charge is -2.40. The van der Waals surface area contributed by atoms with Crippen LogP contribution >= 0.6 is 0 Å². The molecule has 0 saturated carbocycles. The second kappa shape index (κ2) is 18.7. The van der Waals surface area contributed by atoms with Gasteiger partial charge in [0, 0.05) is 49.7 Å². The maximum Gasteiger partial charge on any atom is 0.326 e. The monoisotopic (exact) mass is 742 g/mol. The number of hydrogen-bond acceptors (Lipinski definition) is 8. The largest absolute Gasteiger partial charge is 0.480 e. The second-order valence-electron chi connectivity index (χ2n) is 15.2. The predicted molar refractivity (Wildman–Crippen MR) is 196 cm³/mol. The molecule has 0 radical (unpaired) electrons. The Morgan fingerprint density at radius 1 is 0.981 bits per heavy atom. The molecule has 5 N–H and O–H groups in total. The van der Waals surface area contributed by atoms with Crippen molar-refractivity contribution in [1.29, 1.82) is 0 Å². The lowest BCUT2D eigenvalue weighted by Crippen LogP contribution is -2.61. The molecule has 0 fully saturated rings. The molecule has 0 aliphatic carbocycles. The zero-order valence-electron chi connectivity index (χ0n) is 32.3. The minimum atomic E-state index is -1.41. The van der Waals surface area contributed by atoms with Gasteiger partial charge in [0.2, 0.25) is 23.6 Å². The van der Waals surface area contributed by atoms with E-state index in [1.807, 2.05) is 48.5 Å². The number of carbonyl (C=O) groups is 7. The molecule has 0 bridgehead atoms. The number of carboxylic acids is 1. The van der Waals surface area contributed by atoms with E-state index in [2.05, 4.69) is 21.3 Å². The van der Waals surface area contributed by atoms with E-state index >= 15 is 0 Å². The van der Waals surface area contributed by atoms with Crippen molar-refractivity contribution in [2.24, 2.45) is 11.3 Å². The second-order valence-corrected chi connectivity index (χ2v) is 15.2. The molecule has 6 amide bonds. The number of amides is 6. The third kappa shape index (κ3) is 12.1. The lowest BCUT2D eigenvalue weighted by molar-refractivity contribution is -0.142. The highest BCUT2D eigenvalue weighted by Gasteiger charge is 2.42. The Morgan fingerprint density at radius 3 is 2.09 bits per heavy atom. The molecule has 4 atom stereocenters. The smallest absolute Gasteiger partial charge is 0.326 e. The molecule has 0 unspecified atom stereocenters. The first-order chi connectivity index (χ1) is 24.5. The fourth-order valence-electron chi connectivity index (χ4n) is 6.04. The van der Waals surface area contributed by atoms with Crippen molar-refractivity contribution in [3.63, 3.8) is 0 Å². The first kappa shape index (κ1) is 44.2. The SMILES string of the molecule is CN[C@H](C(=O)N[C@H](C(=O)N(C)[C@H](/C=C(\C)C(=O)N[C@H](CCC(=O)NCCN1C(=O)C=CC1=O)C(=O)O)C(C)C)C(C)(C)C)C(C)(C)c1cccc(F)c1. The van der Waals surface area contributed by atoms with Gasteiger partial charge >= 0.3 is 5.97 Å². The van der Waals surface area contributed by atoms with E-state index in [-0.39, 0.29) is 37.4 Å². The molecule has 0 spiro atoms. The fraction of sp³-hybridized carbons (Fsp3) is 0.553. The van der Waals surface area contributed by atoms with Gasteiger partial charge in [-0.2, -0.15) is 0 Å². The van der Waals surface area contributed by atoms with Crippen molar-refractivity contribution in [2.75, 3.05) is 27.2 Å². The highest BCUT2D eigenvalue weighted by molar-refractivity contribution is 6.12. The van der Waals surface area contributed by atoms with Gasteiger partial charge in [0.1, 0.15) is 17.9 Å². The van der Waals surface area contributed by atoms with E-state index in [1.165, 1.54) is 24.0 Å². The normalized spacial score (nSPS) is 15.8.